The summed E-state index contributed by atoms with van der Waals surface area (Å²) in [7, 11) is -1.88. The van der Waals surface area contributed by atoms with Crippen LogP contribution in [0.5, 0.6) is 0 Å². The first-order valence-corrected chi connectivity index (χ1v) is 19.8. The normalized spacial score (nSPS) is 15.1. The van der Waals surface area contributed by atoms with Gasteiger partial charge in [0.1, 0.15) is 8.07 Å². The van der Waals surface area contributed by atoms with Gasteiger partial charge in [0, 0.05) is 22.7 Å². The minimum atomic E-state index is -1.88. The number of fused-ring (bicyclic) bond motifs is 4. The standard InChI is InChI=1S/C45H36N2Si/c1-48(2)43-30-15-13-28-41(43)47(42-29-14-16-31-44(42)48)36-23-17-22-35(32-36)46-39-26-11-9-24-37(39)45(33-18-5-3-6-19-33,34-20-7-4-8-21-34)38-25-10-12-27-40(38)46/h3-32H,1-2H3. The van der Waals surface area contributed by atoms with Crippen LogP contribution < -0.4 is 20.2 Å². The second kappa shape index (κ2) is 11.0. The van der Waals surface area contributed by atoms with E-state index in [1.165, 1.54) is 55.4 Å². The molecule has 7 aromatic rings. The molecule has 0 atom stereocenters. The second-order valence-electron chi connectivity index (χ2n) is 13.4. The molecule has 0 aromatic heterocycles. The van der Waals surface area contributed by atoms with Crippen molar-refractivity contribution in [3.63, 3.8) is 0 Å². The molecule has 0 N–H and O–H groups in total. The molecule has 2 nitrogen and oxygen atoms in total. The fourth-order valence-electron chi connectivity index (χ4n) is 8.41. The highest BCUT2D eigenvalue weighted by Crippen LogP contribution is 2.57. The molecule has 0 unspecified atom stereocenters. The Morgan fingerprint density at radius 2 is 0.750 bits per heavy atom. The SMILES string of the molecule is C[Si]1(C)c2ccccc2N(c2cccc(N3c4ccccc4C(c4ccccc4)(c4ccccc4)c4ccccc43)c2)c2ccccc21. The zero-order valence-corrected chi connectivity index (χ0v) is 28.2. The molecule has 230 valence electrons. The van der Waals surface area contributed by atoms with Crippen LogP contribution in [0.4, 0.5) is 34.1 Å². The van der Waals surface area contributed by atoms with E-state index in [4.69, 9.17) is 0 Å². The fourth-order valence-corrected chi connectivity index (χ4v) is 11.4. The molecule has 0 aliphatic carbocycles. The molecule has 2 aliphatic rings. The van der Waals surface area contributed by atoms with Gasteiger partial charge in [-0.25, -0.2) is 0 Å². The third-order valence-corrected chi connectivity index (χ3v) is 14.0. The number of nitrogens with zero attached hydrogens (tertiary/aromatic N) is 2. The van der Waals surface area contributed by atoms with Crippen LogP contribution in [0.1, 0.15) is 22.3 Å². The quantitative estimate of drug-likeness (QED) is 0.178. The summed E-state index contributed by atoms with van der Waals surface area (Å²) in [6, 6.07) is 67.1. The highest BCUT2D eigenvalue weighted by molar-refractivity contribution is 7.02. The van der Waals surface area contributed by atoms with Gasteiger partial charge in [-0.3, -0.25) is 0 Å². The molecule has 0 bridgehead atoms. The van der Waals surface area contributed by atoms with Gasteiger partial charge in [-0.2, -0.15) is 0 Å². The lowest BCUT2D eigenvalue weighted by molar-refractivity contribution is 0.731. The van der Waals surface area contributed by atoms with Crippen molar-refractivity contribution in [3.05, 3.63) is 204 Å². The van der Waals surface area contributed by atoms with Gasteiger partial charge in [-0.15, -0.1) is 0 Å². The van der Waals surface area contributed by atoms with E-state index in [1.54, 1.807) is 0 Å². The monoisotopic (exact) mass is 632 g/mol. The average Bonchev–Trinajstić information content (AvgIpc) is 3.15. The Kier molecular flexibility index (Phi) is 6.53. The smallest absolute Gasteiger partial charge is 0.117 e. The Morgan fingerprint density at radius 1 is 0.375 bits per heavy atom. The van der Waals surface area contributed by atoms with E-state index in [-0.39, 0.29) is 0 Å². The maximum absolute atomic E-state index is 2.48. The predicted molar refractivity (Wildman–Crippen MR) is 204 cm³/mol. The maximum atomic E-state index is 2.48. The molecule has 3 heteroatoms. The van der Waals surface area contributed by atoms with Gasteiger partial charge in [-0.1, -0.05) is 153 Å². The summed E-state index contributed by atoms with van der Waals surface area (Å²) in [6.07, 6.45) is 0. The molecule has 0 saturated heterocycles. The third-order valence-electron chi connectivity index (χ3n) is 10.5. The zero-order valence-electron chi connectivity index (χ0n) is 27.2. The average molecular weight is 633 g/mol. The molecule has 7 aromatic carbocycles. The van der Waals surface area contributed by atoms with Gasteiger partial charge in [0.2, 0.25) is 0 Å². The summed E-state index contributed by atoms with van der Waals surface area (Å²) in [5.41, 5.74) is 11.8. The first-order valence-electron chi connectivity index (χ1n) is 16.8. The first-order chi connectivity index (χ1) is 23.6. The highest BCUT2D eigenvalue weighted by Gasteiger charge is 2.46. The number of rotatable bonds is 4. The van der Waals surface area contributed by atoms with Crippen LogP contribution in [0.3, 0.4) is 0 Å². The molecule has 0 radical (unpaired) electrons. The topological polar surface area (TPSA) is 6.48 Å². The maximum Gasteiger partial charge on any atom is 0.117 e. The van der Waals surface area contributed by atoms with Crippen molar-refractivity contribution in [3.8, 4) is 0 Å². The zero-order chi connectivity index (χ0) is 32.3. The van der Waals surface area contributed by atoms with Gasteiger partial charge in [0.05, 0.1) is 16.8 Å². The van der Waals surface area contributed by atoms with Gasteiger partial charge < -0.3 is 9.80 Å². The molecule has 9 rings (SSSR count). The Labute approximate surface area is 284 Å². The van der Waals surface area contributed by atoms with Crippen molar-refractivity contribution in [2.75, 3.05) is 9.80 Å². The van der Waals surface area contributed by atoms with Gasteiger partial charge in [0.15, 0.2) is 0 Å². The summed E-state index contributed by atoms with van der Waals surface area (Å²) in [5, 5.41) is 2.94. The van der Waals surface area contributed by atoms with Crippen molar-refractivity contribution < 1.29 is 0 Å². The number of benzene rings is 7. The molecular weight excluding hydrogens is 597 g/mol. The second-order valence-corrected chi connectivity index (χ2v) is 17.7. The van der Waals surface area contributed by atoms with Crippen LogP contribution in [0.25, 0.3) is 0 Å². The first kappa shape index (κ1) is 28.6. The van der Waals surface area contributed by atoms with Crippen LogP contribution in [0, 0.1) is 0 Å². The lowest BCUT2D eigenvalue weighted by Crippen LogP contribution is -2.58. The molecule has 2 aliphatic heterocycles. The van der Waals surface area contributed by atoms with E-state index in [1.807, 2.05) is 0 Å². The molecule has 48 heavy (non-hydrogen) atoms. The number of anilines is 6. The number of hydrogen-bond donors (Lipinski definition) is 0. The van der Waals surface area contributed by atoms with Crippen LogP contribution in [0.15, 0.2) is 182 Å². The molecule has 0 fully saturated rings. The van der Waals surface area contributed by atoms with Gasteiger partial charge in [0.25, 0.3) is 0 Å². The Balaban J connectivity index is 1.29. The third kappa shape index (κ3) is 4.04. The van der Waals surface area contributed by atoms with E-state index in [0.717, 1.165) is 11.4 Å². The lowest BCUT2D eigenvalue weighted by atomic mass is 9.62. The largest absolute Gasteiger partial charge is 0.311 e. The highest BCUT2D eigenvalue weighted by atomic mass is 28.3. The predicted octanol–water partition coefficient (Wildman–Crippen LogP) is 10.5. The molecular formula is C45H36N2Si. The van der Waals surface area contributed by atoms with E-state index in [0.29, 0.717) is 0 Å². The minimum Gasteiger partial charge on any atom is -0.311 e. The van der Waals surface area contributed by atoms with Crippen LogP contribution in [0.2, 0.25) is 13.1 Å². The number of para-hydroxylation sites is 4. The summed E-state index contributed by atoms with van der Waals surface area (Å²) in [4.78, 5) is 4.95. The summed E-state index contributed by atoms with van der Waals surface area (Å²) in [5.74, 6) is 0. The van der Waals surface area contributed by atoms with E-state index in [2.05, 4.69) is 205 Å². The minimum absolute atomic E-state index is 0.481. The van der Waals surface area contributed by atoms with Crippen molar-refractivity contribution >= 4 is 52.6 Å². The van der Waals surface area contributed by atoms with Crippen LogP contribution in [-0.4, -0.2) is 8.07 Å². The van der Waals surface area contributed by atoms with Crippen molar-refractivity contribution in [1.29, 1.82) is 0 Å². The van der Waals surface area contributed by atoms with Gasteiger partial charge >= 0.3 is 0 Å². The van der Waals surface area contributed by atoms with Gasteiger partial charge in [-0.05, 0) is 75.1 Å². The molecule has 0 amide bonds. The van der Waals surface area contributed by atoms with E-state index >= 15 is 0 Å². The summed E-state index contributed by atoms with van der Waals surface area (Å²) < 4.78 is 0. The van der Waals surface area contributed by atoms with Crippen LogP contribution >= 0.6 is 0 Å². The molecule has 2 heterocycles. The van der Waals surface area contributed by atoms with Crippen LogP contribution in [-0.2, 0) is 5.41 Å². The Bertz CT molecular complexity index is 2150. The fraction of sp³-hybridized carbons (Fsp3) is 0.0667. The van der Waals surface area contributed by atoms with Crippen molar-refractivity contribution in [2.24, 2.45) is 0 Å². The molecule has 0 saturated carbocycles. The Morgan fingerprint density at radius 3 is 1.23 bits per heavy atom. The number of hydrogen-bond acceptors (Lipinski definition) is 2. The lowest BCUT2D eigenvalue weighted by Gasteiger charge is -2.46. The Hall–Kier alpha value is -5.64. The van der Waals surface area contributed by atoms with E-state index < -0.39 is 13.5 Å². The summed E-state index contributed by atoms with van der Waals surface area (Å²) >= 11 is 0. The van der Waals surface area contributed by atoms with Crippen molar-refractivity contribution in [1.82, 2.24) is 0 Å². The molecule has 0 spiro atoms. The summed E-state index contributed by atoms with van der Waals surface area (Å²) in [6.45, 7) is 4.96. The van der Waals surface area contributed by atoms with E-state index in [9.17, 15) is 0 Å². The van der Waals surface area contributed by atoms with Crippen molar-refractivity contribution in [2.45, 2.75) is 18.5 Å².